The number of allylic oxidation sites excluding steroid dienone is 1. The number of carbonyl (C=O) groups excluding carboxylic acids is 2. The summed E-state index contributed by atoms with van der Waals surface area (Å²) in [5.41, 5.74) is 2.23. The van der Waals surface area contributed by atoms with Gasteiger partial charge >= 0.3 is 12.1 Å². The van der Waals surface area contributed by atoms with Crippen LogP contribution in [0.5, 0.6) is 0 Å². The minimum atomic E-state index is -1.68. The number of hydrogen-bond donors (Lipinski definition) is 0. The molecule has 2 fully saturated rings. The second-order valence-corrected chi connectivity index (χ2v) is 10.0. The molecule has 0 saturated carbocycles. The Hall–Kier alpha value is -1.43. The normalized spacial score (nSPS) is 26.1. The second kappa shape index (κ2) is 9.15. The van der Waals surface area contributed by atoms with Crippen molar-refractivity contribution in [2.75, 3.05) is 13.7 Å². The maximum absolute atomic E-state index is 12.7. The Balaban J connectivity index is 1.84. The highest BCUT2D eigenvalue weighted by Gasteiger charge is 2.53. The van der Waals surface area contributed by atoms with E-state index in [9.17, 15) is 9.59 Å². The fourth-order valence-corrected chi connectivity index (χ4v) is 4.74. The third kappa shape index (κ3) is 5.01. The highest BCUT2D eigenvalue weighted by atomic mass is 35.6. The molecule has 29 heavy (non-hydrogen) atoms. The van der Waals surface area contributed by atoms with E-state index in [1.54, 1.807) is 4.90 Å². The van der Waals surface area contributed by atoms with Crippen LogP contribution in [0.25, 0.3) is 0 Å². The van der Waals surface area contributed by atoms with Crippen molar-refractivity contribution >= 4 is 46.9 Å². The van der Waals surface area contributed by atoms with Gasteiger partial charge in [0, 0.05) is 18.0 Å². The Morgan fingerprint density at radius 1 is 1.24 bits per heavy atom. The number of fused-ring (bicyclic) bond motifs is 2. The molecule has 0 radical (unpaired) electrons. The van der Waals surface area contributed by atoms with Gasteiger partial charge in [-0.3, -0.25) is 4.79 Å². The predicted octanol–water partition coefficient (Wildman–Crippen LogP) is 5.03. The molecule has 4 atom stereocenters. The second-order valence-electron chi connectivity index (χ2n) is 7.50. The van der Waals surface area contributed by atoms with Crippen LogP contribution in [-0.2, 0) is 20.7 Å². The summed E-state index contributed by atoms with van der Waals surface area (Å²) in [6, 6.07) is 7.87. The first-order valence-electron chi connectivity index (χ1n) is 9.54. The van der Waals surface area contributed by atoms with Crippen LogP contribution in [0.4, 0.5) is 4.79 Å². The van der Waals surface area contributed by atoms with Crippen LogP contribution in [-0.4, -0.2) is 46.6 Å². The van der Waals surface area contributed by atoms with Crippen molar-refractivity contribution in [3.8, 4) is 0 Å². The van der Waals surface area contributed by atoms with E-state index >= 15 is 0 Å². The van der Waals surface area contributed by atoms with E-state index in [2.05, 4.69) is 30.8 Å². The third-order valence-corrected chi connectivity index (χ3v) is 6.08. The van der Waals surface area contributed by atoms with E-state index in [1.807, 2.05) is 6.08 Å². The molecule has 5 nitrogen and oxygen atoms in total. The van der Waals surface area contributed by atoms with Crippen LogP contribution in [0.3, 0.4) is 0 Å². The van der Waals surface area contributed by atoms with Gasteiger partial charge in [-0.05, 0) is 36.8 Å². The zero-order valence-corrected chi connectivity index (χ0v) is 18.4. The standard InChI is InChI=1S/C21H24Cl3NO4/c1-3-4-13-5-7-14(8-6-13)16-11-15-9-10-17(18(16)19(26)28-2)25(15)20(27)29-12-21(22,23)24/h3,5-8,15-18H,1,4,9-12H2,2H3/t15-,16+,17+,18-/m0/s1. The maximum Gasteiger partial charge on any atom is 0.410 e. The Bertz CT molecular complexity index is 762. The number of carbonyl (C=O) groups is 2. The molecule has 1 aromatic carbocycles. The minimum Gasteiger partial charge on any atom is -0.469 e. The first kappa shape index (κ1) is 22.3. The summed E-state index contributed by atoms with van der Waals surface area (Å²) in [5, 5.41) is 0. The predicted molar refractivity (Wildman–Crippen MR) is 113 cm³/mol. The van der Waals surface area contributed by atoms with Gasteiger partial charge in [0.05, 0.1) is 13.0 Å². The number of nitrogens with zero attached hydrogens (tertiary/aromatic N) is 1. The lowest BCUT2D eigenvalue weighted by Crippen LogP contribution is -2.53. The number of rotatable bonds is 5. The minimum absolute atomic E-state index is 0.0263. The van der Waals surface area contributed by atoms with Gasteiger partial charge in [-0.2, -0.15) is 0 Å². The molecule has 158 valence electrons. The Morgan fingerprint density at radius 3 is 2.52 bits per heavy atom. The van der Waals surface area contributed by atoms with Crippen molar-refractivity contribution < 1.29 is 19.1 Å². The Morgan fingerprint density at radius 2 is 1.93 bits per heavy atom. The molecule has 0 spiro atoms. The molecule has 2 saturated heterocycles. The monoisotopic (exact) mass is 459 g/mol. The smallest absolute Gasteiger partial charge is 0.410 e. The largest absolute Gasteiger partial charge is 0.469 e. The SMILES string of the molecule is C=CCc1ccc([C@H]2C[C@@H]3CC[C@H]([C@H]2C(=O)OC)N3C(=O)OCC(Cl)(Cl)Cl)cc1. The molecule has 0 aromatic heterocycles. The third-order valence-electron chi connectivity index (χ3n) is 5.75. The molecule has 2 aliphatic rings. The highest BCUT2D eigenvalue weighted by molar-refractivity contribution is 6.67. The zero-order chi connectivity index (χ0) is 21.2. The van der Waals surface area contributed by atoms with Gasteiger partial charge in [-0.25, -0.2) is 4.79 Å². The first-order valence-corrected chi connectivity index (χ1v) is 10.7. The summed E-state index contributed by atoms with van der Waals surface area (Å²) >= 11 is 17.1. The quantitative estimate of drug-likeness (QED) is 0.351. The van der Waals surface area contributed by atoms with E-state index in [0.717, 1.165) is 24.0 Å². The molecule has 2 heterocycles. The van der Waals surface area contributed by atoms with Crippen LogP contribution in [0, 0.1) is 5.92 Å². The number of ether oxygens (including phenoxy) is 2. The molecular formula is C21H24Cl3NO4. The van der Waals surface area contributed by atoms with Crippen molar-refractivity contribution in [3.05, 3.63) is 48.0 Å². The lowest BCUT2D eigenvalue weighted by atomic mass is 9.76. The summed E-state index contributed by atoms with van der Waals surface area (Å²) < 4.78 is 8.63. The average Bonchev–Trinajstić information content (AvgIpc) is 2.99. The van der Waals surface area contributed by atoms with E-state index in [0.29, 0.717) is 12.8 Å². The summed E-state index contributed by atoms with van der Waals surface area (Å²) in [4.78, 5) is 27.0. The number of methoxy groups -OCH3 is 1. The lowest BCUT2D eigenvalue weighted by Gasteiger charge is -2.43. The van der Waals surface area contributed by atoms with Gasteiger partial charge in [0.25, 0.3) is 0 Å². The lowest BCUT2D eigenvalue weighted by molar-refractivity contribution is -0.150. The van der Waals surface area contributed by atoms with Crippen LogP contribution in [0.2, 0.25) is 0 Å². The van der Waals surface area contributed by atoms with E-state index in [4.69, 9.17) is 44.3 Å². The van der Waals surface area contributed by atoms with E-state index in [1.165, 1.54) is 7.11 Å². The van der Waals surface area contributed by atoms with Crippen molar-refractivity contribution in [3.63, 3.8) is 0 Å². The molecule has 0 aliphatic carbocycles. The molecule has 2 aliphatic heterocycles. The van der Waals surface area contributed by atoms with Crippen molar-refractivity contribution in [2.45, 2.75) is 47.5 Å². The Kier molecular flexibility index (Phi) is 7.02. The van der Waals surface area contributed by atoms with Gasteiger partial charge in [0.15, 0.2) is 0 Å². The molecule has 3 rings (SSSR count). The molecule has 1 amide bonds. The van der Waals surface area contributed by atoms with Gasteiger partial charge in [-0.1, -0.05) is 65.1 Å². The fourth-order valence-electron chi connectivity index (χ4n) is 4.57. The summed E-state index contributed by atoms with van der Waals surface area (Å²) in [6.45, 7) is 3.42. The zero-order valence-electron chi connectivity index (χ0n) is 16.2. The summed E-state index contributed by atoms with van der Waals surface area (Å²) in [6.07, 6.45) is 4.25. The summed E-state index contributed by atoms with van der Waals surface area (Å²) in [5.74, 6) is -0.825. The molecule has 0 N–H and O–H groups in total. The number of benzene rings is 1. The molecule has 1 aromatic rings. The van der Waals surface area contributed by atoms with Crippen LogP contribution in [0.15, 0.2) is 36.9 Å². The maximum atomic E-state index is 12.7. The average molecular weight is 461 g/mol. The molecule has 2 bridgehead atoms. The van der Waals surface area contributed by atoms with Gasteiger partial charge in [-0.15, -0.1) is 6.58 Å². The fraction of sp³-hybridized carbons (Fsp3) is 0.524. The topological polar surface area (TPSA) is 55.8 Å². The van der Waals surface area contributed by atoms with Crippen LogP contribution >= 0.6 is 34.8 Å². The summed E-state index contributed by atoms with van der Waals surface area (Å²) in [7, 11) is 1.37. The van der Waals surface area contributed by atoms with E-state index in [-0.39, 0.29) is 30.6 Å². The van der Waals surface area contributed by atoms with Crippen molar-refractivity contribution in [1.82, 2.24) is 4.90 Å². The number of amides is 1. The van der Waals surface area contributed by atoms with Gasteiger partial charge in [0.1, 0.15) is 6.61 Å². The first-order chi connectivity index (χ1) is 13.7. The highest BCUT2D eigenvalue weighted by Crippen LogP contribution is 2.47. The Labute approximate surface area is 185 Å². The van der Waals surface area contributed by atoms with Gasteiger partial charge in [0.2, 0.25) is 3.79 Å². The number of hydrogen-bond acceptors (Lipinski definition) is 4. The van der Waals surface area contributed by atoms with E-state index < -0.39 is 15.8 Å². The van der Waals surface area contributed by atoms with Crippen molar-refractivity contribution in [2.24, 2.45) is 5.92 Å². The van der Waals surface area contributed by atoms with Crippen LogP contribution in [0.1, 0.15) is 36.3 Å². The van der Waals surface area contributed by atoms with Crippen molar-refractivity contribution in [1.29, 1.82) is 0 Å². The number of alkyl halides is 3. The number of piperidine rings is 1. The van der Waals surface area contributed by atoms with Gasteiger partial charge < -0.3 is 14.4 Å². The van der Waals surface area contributed by atoms with Crippen LogP contribution < -0.4 is 0 Å². The molecule has 0 unspecified atom stereocenters. The molecular weight excluding hydrogens is 437 g/mol. The number of halogens is 3. The number of esters is 1. The molecule has 8 heteroatoms.